The van der Waals surface area contributed by atoms with Gasteiger partial charge in [-0.15, -0.1) is 6.58 Å². The first-order chi connectivity index (χ1) is 16.8. The van der Waals surface area contributed by atoms with Crippen LogP contribution in [-0.4, -0.2) is 24.5 Å². The standard InChI is InChI=1S/C15H11F2N.C7H15N.C6H10.CH2F2/c1-9-6-11-8-14(18-15(11)13(17)7-9)10-2-4-12(16)5-3-10;1-3-7(8-2)5-4-6-7;1-2-6-4-3-5-6;2-1-3/h2-8,18H,1H3;8H,3-6H2,1-2H3;2,6H,1,3-5H2;1H2. The molecule has 0 bridgehead atoms. The summed E-state index contributed by atoms with van der Waals surface area (Å²) in [6.07, 6.45) is 11.8. The SMILES string of the molecule is C=CC1CCC1.CCC1(NC)CCC1.Cc1cc(F)c2[nH]c(-c3ccc(F)cc3)cc2c1.FCF. The number of rotatable bonds is 4. The van der Waals surface area contributed by atoms with Crippen molar-refractivity contribution in [2.75, 3.05) is 14.0 Å². The molecule has 2 N–H and O–H groups in total. The second-order valence-electron chi connectivity index (χ2n) is 9.17. The summed E-state index contributed by atoms with van der Waals surface area (Å²) in [4.78, 5) is 3.03. The van der Waals surface area contributed by atoms with Gasteiger partial charge in [0.1, 0.15) is 11.6 Å². The first-order valence-corrected chi connectivity index (χ1v) is 12.3. The first kappa shape index (κ1) is 28.6. The van der Waals surface area contributed by atoms with E-state index < -0.39 is 6.93 Å². The Balaban J connectivity index is 0.000000209. The molecule has 0 amide bonds. The number of benzene rings is 2. The number of alkyl halides is 2. The van der Waals surface area contributed by atoms with E-state index in [2.05, 4.69) is 36.9 Å². The van der Waals surface area contributed by atoms with Crippen molar-refractivity contribution < 1.29 is 17.6 Å². The number of allylic oxidation sites excluding steroid dienone is 1. The topological polar surface area (TPSA) is 27.8 Å². The van der Waals surface area contributed by atoms with E-state index in [4.69, 9.17) is 0 Å². The largest absolute Gasteiger partial charge is 0.352 e. The van der Waals surface area contributed by atoms with Crippen LogP contribution >= 0.6 is 0 Å². The molecule has 0 radical (unpaired) electrons. The summed E-state index contributed by atoms with van der Waals surface area (Å²) in [6.45, 7) is 6.05. The third-order valence-corrected chi connectivity index (χ3v) is 6.98. The lowest BCUT2D eigenvalue weighted by molar-refractivity contribution is 0.192. The van der Waals surface area contributed by atoms with E-state index in [9.17, 15) is 17.6 Å². The Kier molecular flexibility index (Phi) is 11.5. The monoisotopic (exact) mass is 490 g/mol. The molecule has 0 unspecified atom stereocenters. The molecule has 0 spiro atoms. The summed E-state index contributed by atoms with van der Waals surface area (Å²) >= 11 is 0. The number of aromatic amines is 1. The lowest BCUT2D eigenvalue weighted by atomic mass is 9.75. The zero-order valence-electron chi connectivity index (χ0n) is 21.1. The highest BCUT2D eigenvalue weighted by Gasteiger charge is 2.32. The number of H-pyrrole nitrogens is 1. The number of aryl methyl sites for hydroxylation is 1. The molecule has 2 aliphatic rings. The van der Waals surface area contributed by atoms with Gasteiger partial charge in [-0.3, -0.25) is 0 Å². The highest BCUT2D eigenvalue weighted by molar-refractivity contribution is 5.86. The zero-order chi connectivity index (χ0) is 25.8. The van der Waals surface area contributed by atoms with Crippen molar-refractivity contribution in [2.24, 2.45) is 5.92 Å². The van der Waals surface area contributed by atoms with E-state index in [1.165, 1.54) is 63.1 Å². The molecule has 192 valence electrons. The first-order valence-electron chi connectivity index (χ1n) is 12.3. The van der Waals surface area contributed by atoms with E-state index in [0.717, 1.165) is 28.1 Å². The minimum Gasteiger partial charge on any atom is -0.352 e. The number of aromatic nitrogens is 1. The molecule has 2 aromatic carbocycles. The van der Waals surface area contributed by atoms with Crippen LogP contribution in [0.3, 0.4) is 0 Å². The Hall–Kier alpha value is -2.60. The van der Waals surface area contributed by atoms with Crippen molar-refractivity contribution in [3.8, 4) is 11.3 Å². The Bertz CT molecular complexity index is 1020. The molecule has 6 heteroatoms. The Morgan fingerprint density at radius 3 is 2.06 bits per heavy atom. The molecular weight excluding hydrogens is 452 g/mol. The normalized spacial score (nSPS) is 15.7. The van der Waals surface area contributed by atoms with Crippen LogP contribution in [-0.2, 0) is 0 Å². The van der Waals surface area contributed by atoms with Crippen LogP contribution in [0.25, 0.3) is 22.2 Å². The van der Waals surface area contributed by atoms with Crippen LogP contribution in [0.2, 0.25) is 0 Å². The molecule has 2 aliphatic carbocycles. The molecule has 2 saturated carbocycles. The maximum atomic E-state index is 13.7. The predicted octanol–water partition coefficient (Wildman–Crippen LogP) is 8.82. The van der Waals surface area contributed by atoms with Gasteiger partial charge in [0.15, 0.2) is 0 Å². The van der Waals surface area contributed by atoms with Gasteiger partial charge >= 0.3 is 0 Å². The average molecular weight is 491 g/mol. The second-order valence-corrected chi connectivity index (χ2v) is 9.17. The van der Waals surface area contributed by atoms with Gasteiger partial charge in [0, 0.05) is 16.6 Å². The lowest BCUT2D eigenvalue weighted by Crippen LogP contribution is -2.48. The minimum atomic E-state index is -1.75. The van der Waals surface area contributed by atoms with E-state index in [0.29, 0.717) is 11.1 Å². The fourth-order valence-corrected chi connectivity index (χ4v) is 4.19. The summed E-state index contributed by atoms with van der Waals surface area (Å²) in [5.74, 6) is 0.334. The van der Waals surface area contributed by atoms with Gasteiger partial charge < -0.3 is 10.3 Å². The zero-order valence-corrected chi connectivity index (χ0v) is 21.1. The molecule has 0 atom stereocenters. The van der Waals surface area contributed by atoms with Crippen LogP contribution in [0.5, 0.6) is 0 Å². The molecule has 5 rings (SSSR count). The highest BCUT2D eigenvalue weighted by atomic mass is 19.3. The molecular formula is C29H38F4N2. The third kappa shape index (κ3) is 8.24. The van der Waals surface area contributed by atoms with E-state index >= 15 is 0 Å². The number of nitrogens with one attached hydrogen (secondary N) is 2. The van der Waals surface area contributed by atoms with Gasteiger partial charge in [-0.05, 0) is 112 Å². The number of hydrogen-bond acceptors (Lipinski definition) is 1. The molecule has 3 aromatic rings. The quantitative estimate of drug-likeness (QED) is 0.277. The smallest absolute Gasteiger partial charge is 0.229 e. The van der Waals surface area contributed by atoms with Crippen molar-refractivity contribution in [3.05, 3.63) is 72.3 Å². The van der Waals surface area contributed by atoms with Crippen molar-refractivity contribution in [1.29, 1.82) is 0 Å². The summed E-state index contributed by atoms with van der Waals surface area (Å²) in [6, 6.07) is 11.4. The van der Waals surface area contributed by atoms with Crippen LogP contribution in [0.1, 0.15) is 57.4 Å². The van der Waals surface area contributed by atoms with E-state index in [1.807, 2.05) is 19.1 Å². The Labute approximate surface area is 206 Å². The van der Waals surface area contributed by atoms with Gasteiger partial charge in [0.2, 0.25) is 6.93 Å². The van der Waals surface area contributed by atoms with Crippen LogP contribution in [0.4, 0.5) is 17.6 Å². The van der Waals surface area contributed by atoms with Gasteiger partial charge in [-0.2, -0.15) is 0 Å². The molecule has 0 aliphatic heterocycles. The van der Waals surface area contributed by atoms with Gasteiger partial charge in [-0.25, -0.2) is 17.6 Å². The Morgan fingerprint density at radius 1 is 1.06 bits per heavy atom. The summed E-state index contributed by atoms with van der Waals surface area (Å²) in [7, 11) is 2.07. The highest BCUT2D eigenvalue weighted by Crippen LogP contribution is 2.33. The number of fused-ring (bicyclic) bond motifs is 1. The summed E-state index contributed by atoms with van der Waals surface area (Å²) in [5.41, 5.74) is 3.55. The van der Waals surface area contributed by atoms with Crippen molar-refractivity contribution >= 4 is 10.9 Å². The van der Waals surface area contributed by atoms with Crippen molar-refractivity contribution in [2.45, 2.75) is 64.3 Å². The Morgan fingerprint density at radius 2 is 1.69 bits per heavy atom. The van der Waals surface area contributed by atoms with Crippen LogP contribution in [0, 0.1) is 24.5 Å². The molecule has 1 heterocycles. The van der Waals surface area contributed by atoms with Crippen molar-refractivity contribution in [1.82, 2.24) is 10.3 Å². The molecule has 0 saturated heterocycles. The summed E-state index contributed by atoms with van der Waals surface area (Å²) < 4.78 is 45.9. The maximum Gasteiger partial charge on any atom is 0.229 e. The fraction of sp³-hybridized carbons (Fsp3) is 0.448. The predicted molar refractivity (Wildman–Crippen MR) is 139 cm³/mol. The number of halogens is 4. The van der Waals surface area contributed by atoms with Gasteiger partial charge in [0.05, 0.1) is 5.52 Å². The van der Waals surface area contributed by atoms with Gasteiger partial charge in [-0.1, -0.05) is 19.4 Å². The maximum absolute atomic E-state index is 13.7. The van der Waals surface area contributed by atoms with E-state index in [1.54, 1.807) is 12.1 Å². The minimum absolute atomic E-state index is 0.265. The fourth-order valence-electron chi connectivity index (χ4n) is 4.19. The second kappa shape index (κ2) is 14.1. The molecule has 2 nitrogen and oxygen atoms in total. The van der Waals surface area contributed by atoms with Gasteiger partial charge in [0.25, 0.3) is 0 Å². The molecule has 1 aromatic heterocycles. The van der Waals surface area contributed by atoms with Crippen LogP contribution in [0.15, 0.2) is 55.1 Å². The lowest BCUT2D eigenvalue weighted by Gasteiger charge is -2.41. The van der Waals surface area contributed by atoms with Crippen LogP contribution < -0.4 is 5.32 Å². The molecule has 2 fully saturated rings. The summed E-state index contributed by atoms with van der Waals surface area (Å²) in [5, 5.41) is 4.19. The van der Waals surface area contributed by atoms with E-state index in [-0.39, 0.29) is 11.6 Å². The average Bonchev–Trinajstić information content (AvgIpc) is 3.19. The molecule has 35 heavy (non-hydrogen) atoms. The number of hydrogen-bond donors (Lipinski definition) is 2. The third-order valence-electron chi connectivity index (χ3n) is 6.98. The van der Waals surface area contributed by atoms with Crippen molar-refractivity contribution in [3.63, 3.8) is 0 Å².